The van der Waals surface area contributed by atoms with E-state index >= 15 is 0 Å². The minimum Gasteiger partial charge on any atom is -0.391 e. The van der Waals surface area contributed by atoms with Gasteiger partial charge in [-0.1, -0.05) is 84.9 Å². The Morgan fingerprint density at radius 1 is 1.02 bits per heavy atom. The lowest BCUT2D eigenvalue weighted by Gasteiger charge is -2.35. The third kappa shape index (κ3) is 9.87. The molecular weight excluding hydrogens is 759 g/mol. The predicted octanol–water partition coefficient (Wildman–Crippen LogP) is 4.69. The maximum Gasteiger partial charge on any atom is 0.262 e. The first-order valence-electron chi connectivity index (χ1n) is 19.7. The van der Waals surface area contributed by atoms with Gasteiger partial charge < -0.3 is 20.6 Å². The summed E-state index contributed by atoms with van der Waals surface area (Å²) in [7, 11) is 0. The summed E-state index contributed by atoms with van der Waals surface area (Å²) in [5.74, 6) is -1.25. The minimum atomic E-state index is -0.805. The van der Waals surface area contributed by atoms with Crippen LogP contribution in [0.15, 0.2) is 52.8 Å². The van der Waals surface area contributed by atoms with E-state index in [1.54, 1.807) is 32.1 Å². The number of carbonyl (C=O) groups is 5. The smallest absolute Gasteiger partial charge is 0.262 e. The molecule has 2 saturated heterocycles. The van der Waals surface area contributed by atoms with E-state index in [-0.39, 0.29) is 60.4 Å². The number of nitrogens with zero attached hydrogens (tertiary/aromatic N) is 4. The number of aliphatic hydroxyl groups is 1. The van der Waals surface area contributed by atoms with E-state index in [9.17, 15) is 33.9 Å². The highest BCUT2D eigenvalue weighted by atomic mass is 32.1. The van der Waals surface area contributed by atoms with Crippen LogP contribution in [0.25, 0.3) is 21.3 Å². The van der Waals surface area contributed by atoms with Crippen molar-refractivity contribution in [3.8, 4) is 10.4 Å². The Morgan fingerprint density at radius 3 is 2.29 bits per heavy atom. The maximum atomic E-state index is 13.5. The van der Waals surface area contributed by atoms with Crippen LogP contribution >= 0.6 is 11.3 Å². The van der Waals surface area contributed by atoms with E-state index in [1.807, 2.05) is 89.5 Å². The van der Waals surface area contributed by atoms with Gasteiger partial charge in [-0.3, -0.25) is 38.7 Å². The molecule has 0 spiro atoms. The molecule has 0 radical (unpaired) electrons. The van der Waals surface area contributed by atoms with Crippen molar-refractivity contribution in [2.24, 2.45) is 11.3 Å². The zero-order chi connectivity index (χ0) is 42.6. The molecule has 0 saturated carbocycles. The molecule has 14 nitrogen and oxygen atoms in total. The number of carbonyl (C=O) groups excluding carboxylic acids is 5. The van der Waals surface area contributed by atoms with Gasteiger partial charge in [-0.15, -0.1) is 11.3 Å². The number of benzene rings is 2. The van der Waals surface area contributed by atoms with Crippen molar-refractivity contribution in [2.75, 3.05) is 6.54 Å². The zero-order valence-electron chi connectivity index (χ0n) is 34.7. The predicted molar refractivity (Wildman–Crippen MR) is 223 cm³/mol. The van der Waals surface area contributed by atoms with Crippen LogP contribution in [-0.2, 0) is 30.5 Å². The first-order chi connectivity index (χ1) is 27.3. The lowest BCUT2D eigenvalue weighted by atomic mass is 9.85. The van der Waals surface area contributed by atoms with Gasteiger partial charge in [0.05, 0.1) is 33.1 Å². The second-order valence-electron chi connectivity index (χ2n) is 16.7. The number of likely N-dealkylation sites (tertiary alicyclic amines) is 1. The molecule has 15 heteroatoms. The number of rotatable bonds is 9. The summed E-state index contributed by atoms with van der Waals surface area (Å²) in [5.41, 5.74) is 5.59. The second-order valence-corrected chi connectivity index (χ2v) is 17.6. The number of piperidine rings is 1. The Bertz CT molecular complexity index is 2240. The molecule has 2 aromatic heterocycles. The van der Waals surface area contributed by atoms with Gasteiger partial charge in [-0.2, -0.15) is 0 Å². The van der Waals surface area contributed by atoms with Gasteiger partial charge in [-0.05, 0) is 54.4 Å². The van der Waals surface area contributed by atoms with Crippen molar-refractivity contribution in [1.29, 1.82) is 0 Å². The van der Waals surface area contributed by atoms with Crippen molar-refractivity contribution in [3.05, 3.63) is 81.0 Å². The molecule has 2 aromatic carbocycles. The standard InChI is InChI=1S/C26H36N4O4S.C17H19N3O3/c1-15(2)23(32)29-22(26(4,5)6)25(34)30-13-19(31)11-20(30)24(33)27-12-17-7-9-18(10-8-17)21-16(3)28-14-35-21;1-9(2)11-5-4-6-12-15(11)17(23)20(10(3)18-12)13-7-8-14(21)19-16(13)22/h7-10,14-15,19-20,22,31H,11-13H2,1-6H3,(H,27,33)(H,29,32);4-6,9,13H,7-8H2,1-3H3,(H,19,21,22)/t19-,20+,22-;/m1./s1. The molecule has 310 valence electrons. The molecule has 2 fully saturated rings. The van der Waals surface area contributed by atoms with E-state index in [2.05, 4.69) is 25.9 Å². The van der Waals surface area contributed by atoms with Gasteiger partial charge in [0.1, 0.15) is 23.9 Å². The normalized spacial score (nSPS) is 18.8. The monoisotopic (exact) mass is 813 g/mol. The SMILES string of the molecule is Cc1nc2cccc(C(C)C)c2c(=O)n1C1CCC(=O)NC1=O.Cc1ncsc1-c1ccc(CNC(=O)[C@@H]2C[C@@H](O)CN2C(=O)[C@@H](NC(=O)C(C)C)C(C)(C)C)cc1. The van der Waals surface area contributed by atoms with Crippen LogP contribution in [0, 0.1) is 25.2 Å². The zero-order valence-corrected chi connectivity index (χ0v) is 35.5. The van der Waals surface area contributed by atoms with Crippen molar-refractivity contribution in [2.45, 2.75) is 118 Å². The number of nitrogens with one attached hydrogen (secondary N) is 3. The first kappa shape index (κ1) is 43.8. The molecule has 6 rings (SSSR count). The quantitative estimate of drug-likeness (QED) is 0.174. The molecule has 0 bridgehead atoms. The van der Waals surface area contributed by atoms with Crippen molar-refractivity contribution >= 4 is 51.8 Å². The molecule has 4 atom stereocenters. The summed E-state index contributed by atoms with van der Waals surface area (Å²) in [6, 6.07) is 11.3. The van der Waals surface area contributed by atoms with E-state index in [1.165, 1.54) is 9.47 Å². The highest BCUT2D eigenvalue weighted by Crippen LogP contribution is 2.29. The minimum absolute atomic E-state index is 0.0595. The summed E-state index contributed by atoms with van der Waals surface area (Å²) in [6.45, 7) is 17.2. The van der Waals surface area contributed by atoms with E-state index in [0.717, 1.165) is 27.3 Å². The number of aromatic nitrogens is 3. The average Bonchev–Trinajstić information content (AvgIpc) is 3.78. The molecule has 4 aromatic rings. The van der Waals surface area contributed by atoms with Crippen LogP contribution in [0.2, 0.25) is 0 Å². The topological polar surface area (TPSA) is 193 Å². The van der Waals surface area contributed by atoms with Gasteiger partial charge in [0.2, 0.25) is 29.5 Å². The van der Waals surface area contributed by atoms with Crippen LogP contribution in [0.5, 0.6) is 0 Å². The molecule has 5 amide bonds. The highest BCUT2D eigenvalue weighted by molar-refractivity contribution is 7.13. The molecule has 4 N–H and O–H groups in total. The third-order valence-electron chi connectivity index (χ3n) is 10.5. The van der Waals surface area contributed by atoms with Gasteiger partial charge in [0.15, 0.2) is 0 Å². The Morgan fingerprint density at radius 2 is 1.71 bits per heavy atom. The lowest BCUT2D eigenvalue weighted by Crippen LogP contribution is -2.58. The van der Waals surface area contributed by atoms with Gasteiger partial charge in [0, 0.05) is 31.8 Å². The fourth-order valence-corrected chi connectivity index (χ4v) is 8.06. The number of aryl methyl sites for hydroxylation is 2. The number of aliphatic hydroxyl groups excluding tert-OH is 1. The third-order valence-corrected chi connectivity index (χ3v) is 11.5. The maximum absolute atomic E-state index is 13.5. The number of hydrogen-bond donors (Lipinski definition) is 4. The molecule has 2 aliphatic rings. The Kier molecular flexibility index (Phi) is 13.7. The summed E-state index contributed by atoms with van der Waals surface area (Å²) in [4.78, 5) is 86.8. The fraction of sp³-hybridized carbons (Fsp3) is 0.488. The molecule has 58 heavy (non-hydrogen) atoms. The molecule has 1 unspecified atom stereocenters. The van der Waals surface area contributed by atoms with Crippen molar-refractivity contribution < 1.29 is 29.1 Å². The highest BCUT2D eigenvalue weighted by Gasteiger charge is 2.44. The average molecular weight is 814 g/mol. The van der Waals surface area contributed by atoms with E-state index < -0.39 is 35.6 Å². The van der Waals surface area contributed by atoms with Gasteiger partial charge in [-0.25, -0.2) is 9.97 Å². The van der Waals surface area contributed by atoms with Crippen LogP contribution in [-0.4, -0.2) is 78.8 Å². The summed E-state index contributed by atoms with van der Waals surface area (Å²) >= 11 is 1.59. The molecule has 2 aliphatic heterocycles. The molecule has 4 heterocycles. The Hall–Kier alpha value is -5.28. The summed E-state index contributed by atoms with van der Waals surface area (Å²) in [6.07, 6.45) is -0.0804. The van der Waals surface area contributed by atoms with Crippen LogP contribution in [0.4, 0.5) is 0 Å². The Labute approximate surface area is 342 Å². The molecule has 0 aliphatic carbocycles. The van der Waals surface area contributed by atoms with E-state index in [4.69, 9.17) is 0 Å². The number of fused-ring (bicyclic) bond motifs is 1. The largest absolute Gasteiger partial charge is 0.391 e. The Balaban J connectivity index is 0.000000240. The van der Waals surface area contributed by atoms with Crippen molar-refractivity contribution in [1.82, 2.24) is 35.4 Å². The lowest BCUT2D eigenvalue weighted by molar-refractivity contribution is -0.144. The number of hydrogen-bond acceptors (Lipinski definition) is 10. The number of imide groups is 1. The summed E-state index contributed by atoms with van der Waals surface area (Å²) < 4.78 is 1.43. The van der Waals surface area contributed by atoms with Gasteiger partial charge >= 0.3 is 0 Å². The van der Waals surface area contributed by atoms with Crippen LogP contribution in [0.3, 0.4) is 0 Å². The van der Waals surface area contributed by atoms with Crippen LogP contribution in [0.1, 0.15) is 102 Å². The first-order valence-corrected chi connectivity index (χ1v) is 20.6. The fourth-order valence-electron chi connectivity index (χ4n) is 7.25. The molecular formula is C43H55N7O7S. The van der Waals surface area contributed by atoms with E-state index in [0.29, 0.717) is 29.7 Å². The van der Waals surface area contributed by atoms with Crippen molar-refractivity contribution in [3.63, 3.8) is 0 Å². The number of thiazole rings is 1. The van der Waals surface area contributed by atoms with Gasteiger partial charge in [0.25, 0.3) is 5.56 Å². The number of β-amino-alcohol motifs (C(OH)–C–C–N with tert-alkyl or cyclic N) is 1. The number of amides is 5. The van der Waals surface area contributed by atoms with Crippen LogP contribution < -0.4 is 21.5 Å². The second kappa shape index (κ2) is 18.1. The summed E-state index contributed by atoms with van der Waals surface area (Å²) in [5, 5.41) is 18.9.